The van der Waals surface area contributed by atoms with Crippen LogP contribution in [0.5, 0.6) is 0 Å². The van der Waals surface area contributed by atoms with Gasteiger partial charge < -0.3 is 9.64 Å². The van der Waals surface area contributed by atoms with Gasteiger partial charge in [-0.2, -0.15) is 4.98 Å². The maximum atomic E-state index is 15.2. The fourth-order valence-electron chi connectivity index (χ4n) is 5.73. The quantitative estimate of drug-likeness (QED) is 0.515. The largest absolute Gasteiger partial charge is 0.375 e. The number of hydrogen-bond donors (Lipinski definition) is 0. The number of anilines is 2. The lowest BCUT2D eigenvalue weighted by Gasteiger charge is -2.37. The molecule has 0 amide bonds. The molecular formula is C27H25F3N4O2. The van der Waals surface area contributed by atoms with Gasteiger partial charge in [0.25, 0.3) is 6.43 Å². The van der Waals surface area contributed by atoms with E-state index in [-0.39, 0.29) is 43.0 Å². The number of nitrogens with zero attached hydrogens (tertiary/aromatic N) is 4. The van der Waals surface area contributed by atoms with Crippen LogP contribution in [0.25, 0.3) is 10.9 Å². The van der Waals surface area contributed by atoms with Crippen LogP contribution in [0, 0.1) is 23.6 Å². The number of aromatic nitrogens is 2. The molecule has 3 aliphatic heterocycles. The third-order valence-electron chi connectivity index (χ3n) is 7.38. The van der Waals surface area contributed by atoms with Gasteiger partial charge in [-0.15, -0.1) is 0 Å². The molecule has 2 saturated heterocycles. The number of alkyl halides is 2. The number of aryl methyl sites for hydroxylation is 1. The van der Waals surface area contributed by atoms with E-state index in [0.717, 1.165) is 12.8 Å². The summed E-state index contributed by atoms with van der Waals surface area (Å²) in [5, 5.41) is -0.0921. The number of fused-ring (bicyclic) bond motifs is 3. The maximum Gasteiger partial charge on any atom is 0.349 e. The Morgan fingerprint density at radius 3 is 2.92 bits per heavy atom. The number of rotatable bonds is 3. The number of ether oxygens (including phenoxy) is 1. The first-order chi connectivity index (χ1) is 18.6. The predicted molar refractivity (Wildman–Crippen MR) is 130 cm³/mol. The van der Waals surface area contributed by atoms with Gasteiger partial charge in [-0.1, -0.05) is 24.0 Å². The second-order valence-electron chi connectivity index (χ2n) is 9.55. The van der Waals surface area contributed by atoms with Crippen LogP contribution >= 0.6 is 0 Å². The molecule has 36 heavy (non-hydrogen) atoms. The molecule has 0 N–H and O–H groups in total. The lowest BCUT2D eigenvalue weighted by Crippen LogP contribution is -2.46. The van der Waals surface area contributed by atoms with Crippen LogP contribution in [0.4, 0.5) is 24.7 Å². The van der Waals surface area contributed by atoms with E-state index in [1.807, 2.05) is 6.07 Å². The van der Waals surface area contributed by atoms with Crippen molar-refractivity contribution in [2.75, 3.05) is 31.1 Å². The molecule has 2 aromatic carbocycles. The molecule has 1 aliphatic carbocycles. The van der Waals surface area contributed by atoms with E-state index in [2.05, 4.69) is 16.8 Å². The smallest absolute Gasteiger partial charge is 0.349 e. The zero-order chi connectivity index (χ0) is 27.5. The Labute approximate surface area is 210 Å². The van der Waals surface area contributed by atoms with E-state index in [0.29, 0.717) is 33.8 Å². The van der Waals surface area contributed by atoms with Crippen LogP contribution in [-0.4, -0.2) is 52.7 Å². The molecule has 2 bridgehead atoms. The van der Waals surface area contributed by atoms with Crippen LogP contribution < -0.4 is 10.6 Å². The topological polar surface area (TPSA) is 50.6 Å². The summed E-state index contributed by atoms with van der Waals surface area (Å²) in [6, 6.07) is 9.30. The average molecular weight is 498 g/mol. The Balaban J connectivity index is 1.47. The van der Waals surface area contributed by atoms with Gasteiger partial charge in [0, 0.05) is 41.0 Å². The fraction of sp³-hybridized carbons (Fsp3) is 0.407. The molecule has 0 spiro atoms. The summed E-state index contributed by atoms with van der Waals surface area (Å²) in [7, 11) is 0. The highest BCUT2D eigenvalue weighted by Gasteiger charge is 2.55. The van der Waals surface area contributed by atoms with Crippen molar-refractivity contribution in [1.29, 1.82) is 0 Å². The summed E-state index contributed by atoms with van der Waals surface area (Å²) in [5.74, 6) is 6.14. The van der Waals surface area contributed by atoms with E-state index >= 15 is 4.39 Å². The molecule has 0 unspecified atom stereocenters. The first-order valence-electron chi connectivity index (χ1n) is 13.3. The van der Waals surface area contributed by atoms with Gasteiger partial charge >= 0.3 is 5.69 Å². The van der Waals surface area contributed by atoms with Crippen LogP contribution in [-0.2, 0) is 18.3 Å². The highest BCUT2D eigenvalue weighted by atomic mass is 19.3. The number of benzene rings is 2. The van der Waals surface area contributed by atoms with Gasteiger partial charge in [0.1, 0.15) is 5.82 Å². The van der Waals surface area contributed by atoms with Crippen molar-refractivity contribution >= 4 is 22.4 Å². The normalized spacial score (nSPS) is 24.8. The SMILES string of the molecule is [2H]C([2H])([2H])n1c(=O)nc(N2CCOCc3c(C#CC45CC(CN4CC(F)F)C5)cccc32)c2c(F)cccc21. The summed E-state index contributed by atoms with van der Waals surface area (Å²) in [6.07, 6.45) is -0.903. The second-order valence-corrected chi connectivity index (χ2v) is 9.55. The van der Waals surface area contributed by atoms with Crippen molar-refractivity contribution < 1.29 is 22.0 Å². The molecule has 4 heterocycles. The zero-order valence-corrected chi connectivity index (χ0v) is 19.3. The zero-order valence-electron chi connectivity index (χ0n) is 22.3. The highest BCUT2D eigenvalue weighted by Crippen LogP contribution is 2.50. The Bertz CT molecular complexity index is 1570. The minimum Gasteiger partial charge on any atom is -0.375 e. The van der Waals surface area contributed by atoms with E-state index in [1.54, 1.807) is 21.9 Å². The van der Waals surface area contributed by atoms with Crippen molar-refractivity contribution in [2.45, 2.75) is 31.4 Å². The molecule has 3 fully saturated rings. The highest BCUT2D eigenvalue weighted by molar-refractivity contribution is 5.92. The summed E-state index contributed by atoms with van der Waals surface area (Å²) in [5.41, 5.74) is 0.260. The van der Waals surface area contributed by atoms with Crippen LogP contribution in [0.3, 0.4) is 0 Å². The second kappa shape index (κ2) is 8.64. The fourth-order valence-corrected chi connectivity index (χ4v) is 5.73. The average Bonchev–Trinajstić information content (AvgIpc) is 3.25. The van der Waals surface area contributed by atoms with Crippen LogP contribution in [0.15, 0.2) is 41.2 Å². The minimum atomic E-state index is -2.85. The van der Waals surface area contributed by atoms with Gasteiger partial charge in [0.2, 0.25) is 0 Å². The molecule has 186 valence electrons. The molecule has 0 radical (unpaired) electrons. The van der Waals surface area contributed by atoms with Crippen molar-refractivity contribution in [1.82, 2.24) is 14.5 Å². The third kappa shape index (κ3) is 3.67. The van der Waals surface area contributed by atoms with Crippen molar-refractivity contribution in [3.63, 3.8) is 0 Å². The molecule has 0 atom stereocenters. The summed E-state index contributed by atoms with van der Waals surface area (Å²) >= 11 is 0. The molecule has 1 saturated carbocycles. The molecule has 6 nitrogen and oxygen atoms in total. The van der Waals surface area contributed by atoms with Crippen molar-refractivity contribution in [3.05, 3.63) is 63.8 Å². The van der Waals surface area contributed by atoms with E-state index in [4.69, 9.17) is 8.85 Å². The molecule has 4 aliphatic rings. The molecule has 9 heteroatoms. The number of halogens is 3. The van der Waals surface area contributed by atoms with Gasteiger partial charge in [0.15, 0.2) is 5.82 Å². The summed E-state index contributed by atoms with van der Waals surface area (Å²) < 4.78 is 71.3. The monoisotopic (exact) mass is 497 g/mol. The molecule has 7 rings (SSSR count). The van der Waals surface area contributed by atoms with E-state index in [1.165, 1.54) is 18.2 Å². The van der Waals surface area contributed by atoms with Crippen LogP contribution in [0.2, 0.25) is 0 Å². The minimum absolute atomic E-state index is 0.00945. The Hall–Kier alpha value is -3.35. The third-order valence-corrected chi connectivity index (χ3v) is 7.38. The van der Waals surface area contributed by atoms with E-state index < -0.39 is 30.4 Å². The summed E-state index contributed by atoms with van der Waals surface area (Å²) in [6.45, 7) is -1.88. The summed E-state index contributed by atoms with van der Waals surface area (Å²) in [4.78, 5) is 20.4. The van der Waals surface area contributed by atoms with Crippen molar-refractivity contribution in [3.8, 4) is 11.8 Å². The maximum absolute atomic E-state index is 15.2. The van der Waals surface area contributed by atoms with Crippen LogP contribution in [0.1, 0.15) is 28.1 Å². The molecule has 1 aromatic heterocycles. The lowest BCUT2D eigenvalue weighted by molar-refractivity contribution is 0.0659. The van der Waals surface area contributed by atoms with Gasteiger partial charge in [-0.25, -0.2) is 18.0 Å². The standard InChI is InChI=1S/C27H25F3N4O2/c1-32-22-7-3-5-20(28)24(22)25(31-26(32)35)34-10-11-36-16-19-18(4-2-6-21(19)34)8-9-27-12-17(13-27)14-33(27)15-23(29)30/h2-7,17,23H,10-16H2,1H3/i1D3. The number of hydrogen-bond acceptors (Lipinski definition) is 5. The lowest BCUT2D eigenvalue weighted by atomic mass is 9.73. The van der Waals surface area contributed by atoms with Gasteiger partial charge in [-0.3, -0.25) is 9.47 Å². The first kappa shape index (κ1) is 19.8. The molecule has 3 aromatic rings. The van der Waals surface area contributed by atoms with Gasteiger partial charge in [-0.05, 0) is 43.0 Å². The first-order valence-corrected chi connectivity index (χ1v) is 11.8. The molecular weight excluding hydrogens is 469 g/mol. The Morgan fingerprint density at radius 2 is 2.11 bits per heavy atom. The van der Waals surface area contributed by atoms with E-state index in [9.17, 15) is 13.6 Å². The Morgan fingerprint density at radius 1 is 1.28 bits per heavy atom. The predicted octanol–water partition coefficient (Wildman–Crippen LogP) is 3.82. The van der Waals surface area contributed by atoms with Crippen molar-refractivity contribution in [2.24, 2.45) is 12.9 Å². The van der Waals surface area contributed by atoms with Gasteiger partial charge in [0.05, 0.1) is 36.2 Å². The Kier molecular flexibility index (Phi) is 4.75.